The first-order valence-electron chi connectivity index (χ1n) is 7.29. The summed E-state index contributed by atoms with van der Waals surface area (Å²) in [7, 11) is 0. The molecule has 13 heteroatoms. The van der Waals surface area contributed by atoms with E-state index in [1.807, 2.05) is 0 Å². The second-order valence-corrected chi connectivity index (χ2v) is 5.88. The maximum Gasteiger partial charge on any atom is 0.288 e. The number of rotatable bonds is 4. The first-order valence-corrected chi connectivity index (χ1v) is 8.08. The van der Waals surface area contributed by atoms with Crippen molar-refractivity contribution in [2.75, 3.05) is 0 Å². The molecule has 11 nitrogen and oxygen atoms in total. The van der Waals surface area contributed by atoms with Gasteiger partial charge in [0.15, 0.2) is 5.11 Å². The number of thiocarbonyl (C=S) groups is 1. The number of benzene rings is 2. The SMILES string of the molecule is O=C(NNC(=S)NC(=O)c1ccccc1[N+](=O)[O-])c1ccc(Cl)c([N+](=O)[O-])c1. The van der Waals surface area contributed by atoms with Crippen LogP contribution in [0.3, 0.4) is 0 Å². The van der Waals surface area contributed by atoms with Crippen molar-refractivity contribution in [2.45, 2.75) is 0 Å². The molecule has 2 aromatic carbocycles. The molecule has 0 bridgehead atoms. The van der Waals surface area contributed by atoms with Crippen LogP contribution in [0, 0.1) is 20.2 Å². The molecule has 2 rings (SSSR count). The van der Waals surface area contributed by atoms with Gasteiger partial charge in [-0.3, -0.25) is 46.0 Å². The summed E-state index contributed by atoms with van der Waals surface area (Å²) in [6.45, 7) is 0. The summed E-state index contributed by atoms with van der Waals surface area (Å²) < 4.78 is 0. The van der Waals surface area contributed by atoms with E-state index < -0.39 is 33.0 Å². The summed E-state index contributed by atoms with van der Waals surface area (Å²) in [6.07, 6.45) is 0. The van der Waals surface area contributed by atoms with Gasteiger partial charge in [0.05, 0.1) is 9.85 Å². The fourth-order valence-electron chi connectivity index (χ4n) is 2.01. The molecule has 144 valence electrons. The highest BCUT2D eigenvalue weighted by atomic mass is 35.5. The lowest BCUT2D eigenvalue weighted by Gasteiger charge is -2.11. The predicted molar refractivity (Wildman–Crippen MR) is 102 cm³/mol. The number of nitro groups is 2. The lowest BCUT2D eigenvalue weighted by atomic mass is 10.1. The van der Waals surface area contributed by atoms with E-state index in [1.165, 1.54) is 30.3 Å². The summed E-state index contributed by atoms with van der Waals surface area (Å²) in [6, 6.07) is 8.63. The molecule has 0 heterocycles. The van der Waals surface area contributed by atoms with E-state index in [0.29, 0.717) is 0 Å². The van der Waals surface area contributed by atoms with Gasteiger partial charge in [-0.05, 0) is 30.4 Å². The van der Waals surface area contributed by atoms with Crippen LogP contribution >= 0.6 is 23.8 Å². The highest BCUT2D eigenvalue weighted by molar-refractivity contribution is 7.80. The molecule has 0 saturated carbocycles. The number of nitro benzene ring substituents is 2. The fourth-order valence-corrected chi connectivity index (χ4v) is 2.34. The molecule has 0 aromatic heterocycles. The van der Waals surface area contributed by atoms with Crippen LogP contribution in [0.1, 0.15) is 20.7 Å². The maximum absolute atomic E-state index is 12.1. The Hall–Kier alpha value is -3.64. The number of nitrogens with one attached hydrogen (secondary N) is 3. The van der Waals surface area contributed by atoms with Gasteiger partial charge in [-0.25, -0.2) is 0 Å². The quantitative estimate of drug-likeness (QED) is 0.383. The minimum atomic E-state index is -0.860. The van der Waals surface area contributed by atoms with Crippen LogP contribution in [0.25, 0.3) is 0 Å². The predicted octanol–water partition coefficient (Wildman–Crippen LogP) is 2.11. The molecule has 0 unspecified atom stereocenters. The smallest absolute Gasteiger partial charge is 0.288 e. The van der Waals surface area contributed by atoms with E-state index in [1.54, 1.807) is 0 Å². The highest BCUT2D eigenvalue weighted by Crippen LogP contribution is 2.24. The Kier molecular flexibility index (Phi) is 6.52. The maximum atomic E-state index is 12.1. The van der Waals surface area contributed by atoms with E-state index in [2.05, 4.69) is 16.2 Å². The second kappa shape index (κ2) is 8.83. The molecule has 28 heavy (non-hydrogen) atoms. The van der Waals surface area contributed by atoms with Gasteiger partial charge in [0.1, 0.15) is 10.6 Å². The van der Waals surface area contributed by atoms with Crippen molar-refractivity contribution >= 4 is 52.1 Å². The molecular formula is C15H10ClN5O6S. The molecule has 2 aromatic rings. The van der Waals surface area contributed by atoms with E-state index in [9.17, 15) is 29.8 Å². The van der Waals surface area contributed by atoms with Gasteiger partial charge in [-0.2, -0.15) is 0 Å². The number of hydrogen-bond acceptors (Lipinski definition) is 7. The van der Waals surface area contributed by atoms with Gasteiger partial charge in [-0.15, -0.1) is 0 Å². The van der Waals surface area contributed by atoms with Crippen molar-refractivity contribution in [3.63, 3.8) is 0 Å². The zero-order valence-corrected chi connectivity index (χ0v) is 15.2. The van der Waals surface area contributed by atoms with Crippen molar-refractivity contribution in [1.29, 1.82) is 0 Å². The molecule has 0 saturated heterocycles. The number of para-hydroxylation sites is 1. The van der Waals surface area contributed by atoms with Crippen molar-refractivity contribution in [1.82, 2.24) is 16.2 Å². The molecule has 0 atom stereocenters. The number of hydrogen-bond donors (Lipinski definition) is 3. The summed E-state index contributed by atoms with van der Waals surface area (Å²) in [4.78, 5) is 44.5. The minimum Gasteiger partial charge on any atom is -0.297 e. The molecule has 0 aliphatic rings. The third kappa shape index (κ3) is 4.96. The standard InChI is InChI=1S/C15H10ClN5O6S/c16-10-6-5-8(7-12(10)21(26)27)13(22)18-19-15(28)17-14(23)9-3-1-2-4-11(9)20(24)25/h1-7H,(H,18,22)(H2,17,19,23,28). The number of carbonyl (C=O) groups is 2. The van der Waals surface area contributed by atoms with Crippen molar-refractivity contribution < 1.29 is 19.4 Å². The fraction of sp³-hybridized carbons (Fsp3) is 0. The Morgan fingerprint density at radius 2 is 1.57 bits per heavy atom. The Bertz CT molecular complexity index is 999. The summed E-state index contributed by atoms with van der Waals surface area (Å²) in [5, 5.41) is 23.5. The Labute approximate surface area is 166 Å². The lowest BCUT2D eigenvalue weighted by molar-refractivity contribution is -0.385. The van der Waals surface area contributed by atoms with E-state index >= 15 is 0 Å². The summed E-state index contributed by atoms with van der Waals surface area (Å²) in [5.41, 5.74) is 3.17. The van der Waals surface area contributed by atoms with Gasteiger partial charge in [0.2, 0.25) is 0 Å². The van der Waals surface area contributed by atoms with Crippen molar-refractivity contribution in [3.05, 3.63) is 78.8 Å². The summed E-state index contributed by atoms with van der Waals surface area (Å²) >= 11 is 10.5. The normalized spacial score (nSPS) is 9.89. The largest absolute Gasteiger partial charge is 0.297 e. The Balaban J connectivity index is 2.00. The third-order valence-corrected chi connectivity index (χ3v) is 3.79. The lowest BCUT2D eigenvalue weighted by Crippen LogP contribution is -2.48. The molecule has 3 N–H and O–H groups in total. The first-order chi connectivity index (χ1) is 13.2. The minimum absolute atomic E-state index is 0.0866. The molecule has 0 spiro atoms. The highest BCUT2D eigenvalue weighted by Gasteiger charge is 2.20. The average molecular weight is 424 g/mol. The topological polar surface area (TPSA) is 157 Å². The van der Waals surface area contributed by atoms with E-state index in [4.69, 9.17) is 23.8 Å². The van der Waals surface area contributed by atoms with Crippen LogP contribution in [-0.4, -0.2) is 26.8 Å². The molecular weight excluding hydrogens is 414 g/mol. The first kappa shape index (κ1) is 20.7. The monoisotopic (exact) mass is 423 g/mol. The summed E-state index contributed by atoms with van der Waals surface area (Å²) in [5.74, 6) is -1.65. The van der Waals surface area contributed by atoms with Crippen LogP contribution in [0.15, 0.2) is 42.5 Å². The number of amides is 2. The average Bonchev–Trinajstić information content (AvgIpc) is 2.66. The Morgan fingerprint density at radius 1 is 0.929 bits per heavy atom. The molecule has 0 radical (unpaired) electrons. The number of hydrazine groups is 1. The van der Waals surface area contributed by atoms with Crippen LogP contribution in [0.5, 0.6) is 0 Å². The molecule has 0 aliphatic carbocycles. The van der Waals surface area contributed by atoms with Gasteiger partial charge in [0, 0.05) is 17.7 Å². The zero-order valence-electron chi connectivity index (χ0n) is 13.7. The van der Waals surface area contributed by atoms with Crippen molar-refractivity contribution in [2.24, 2.45) is 0 Å². The van der Waals surface area contributed by atoms with Crippen molar-refractivity contribution in [3.8, 4) is 0 Å². The van der Waals surface area contributed by atoms with E-state index in [0.717, 1.165) is 12.1 Å². The van der Waals surface area contributed by atoms with Gasteiger partial charge >= 0.3 is 0 Å². The third-order valence-electron chi connectivity index (χ3n) is 3.27. The number of nitrogens with zero attached hydrogens (tertiary/aromatic N) is 2. The molecule has 0 aliphatic heterocycles. The zero-order chi connectivity index (χ0) is 20.8. The second-order valence-electron chi connectivity index (χ2n) is 5.06. The number of halogens is 1. The molecule has 2 amide bonds. The van der Waals surface area contributed by atoms with Crippen LogP contribution < -0.4 is 16.2 Å². The molecule has 0 fully saturated rings. The van der Waals surface area contributed by atoms with Gasteiger partial charge in [0.25, 0.3) is 23.2 Å². The van der Waals surface area contributed by atoms with Crippen LogP contribution in [-0.2, 0) is 0 Å². The van der Waals surface area contributed by atoms with Crippen LogP contribution in [0.4, 0.5) is 11.4 Å². The Morgan fingerprint density at radius 3 is 2.21 bits per heavy atom. The van der Waals surface area contributed by atoms with Crippen LogP contribution in [0.2, 0.25) is 5.02 Å². The van der Waals surface area contributed by atoms with Gasteiger partial charge in [-0.1, -0.05) is 23.7 Å². The number of carbonyl (C=O) groups excluding carboxylic acids is 2. The van der Waals surface area contributed by atoms with E-state index in [-0.39, 0.29) is 21.3 Å². The van der Waals surface area contributed by atoms with Gasteiger partial charge < -0.3 is 0 Å².